The number of halogens is 3. The van der Waals surface area contributed by atoms with E-state index < -0.39 is 11.7 Å². The minimum atomic E-state index is -4.41. The first-order valence-electron chi connectivity index (χ1n) is 4.20. The number of pyridine rings is 1. The van der Waals surface area contributed by atoms with E-state index in [2.05, 4.69) is 4.98 Å². The van der Waals surface area contributed by atoms with Gasteiger partial charge in [0.2, 0.25) is 0 Å². The molecule has 1 aromatic heterocycles. The number of nitrogens with two attached hydrogens (primary N) is 1. The summed E-state index contributed by atoms with van der Waals surface area (Å²) >= 11 is 0. The quantitative estimate of drug-likeness (QED) is 0.682. The van der Waals surface area contributed by atoms with E-state index in [4.69, 9.17) is 5.73 Å². The smallest absolute Gasteiger partial charge is 0.398 e. The number of hydrogen-bond donors (Lipinski definition) is 1. The highest BCUT2D eigenvalue weighted by Crippen LogP contribution is 2.36. The van der Waals surface area contributed by atoms with Crippen LogP contribution in [0.3, 0.4) is 0 Å². The van der Waals surface area contributed by atoms with Crippen LogP contribution in [-0.4, -0.2) is 4.98 Å². The molecule has 1 aromatic carbocycles. The topological polar surface area (TPSA) is 38.9 Å². The maximum Gasteiger partial charge on any atom is 0.417 e. The molecule has 0 saturated heterocycles. The highest BCUT2D eigenvalue weighted by Gasteiger charge is 2.33. The van der Waals surface area contributed by atoms with Crippen LogP contribution < -0.4 is 5.73 Å². The summed E-state index contributed by atoms with van der Waals surface area (Å²) in [6.07, 6.45) is -3.28. The number of alkyl halides is 3. The zero-order valence-electron chi connectivity index (χ0n) is 7.55. The summed E-state index contributed by atoms with van der Waals surface area (Å²) in [5.41, 5.74) is 5.11. The Morgan fingerprint density at radius 2 is 1.87 bits per heavy atom. The summed E-state index contributed by atoms with van der Waals surface area (Å²) in [6.45, 7) is 0. The number of benzene rings is 1. The van der Waals surface area contributed by atoms with E-state index in [1.54, 1.807) is 6.07 Å². The van der Waals surface area contributed by atoms with Crippen molar-refractivity contribution in [3.63, 3.8) is 0 Å². The predicted molar refractivity (Wildman–Crippen MR) is 51.2 cm³/mol. The zero-order chi connectivity index (χ0) is 11.1. The molecule has 15 heavy (non-hydrogen) atoms. The maximum absolute atomic E-state index is 12.6. The van der Waals surface area contributed by atoms with Crippen LogP contribution in [0.2, 0.25) is 0 Å². The highest BCUT2D eigenvalue weighted by atomic mass is 19.4. The van der Waals surface area contributed by atoms with Crippen LogP contribution in [0.25, 0.3) is 10.9 Å². The van der Waals surface area contributed by atoms with Gasteiger partial charge in [-0.1, -0.05) is 6.07 Å². The molecule has 5 heteroatoms. The van der Waals surface area contributed by atoms with E-state index in [0.717, 1.165) is 12.3 Å². The molecule has 78 valence electrons. The molecule has 2 N–H and O–H groups in total. The summed E-state index contributed by atoms with van der Waals surface area (Å²) in [6, 6.07) is 5.43. The Bertz CT molecular complexity index is 500. The Morgan fingerprint density at radius 1 is 1.13 bits per heavy atom. The number of aromatic nitrogens is 1. The van der Waals surface area contributed by atoms with Gasteiger partial charge in [-0.3, -0.25) is 4.98 Å². The molecule has 0 bridgehead atoms. The maximum atomic E-state index is 12.6. The lowest BCUT2D eigenvalue weighted by molar-refractivity contribution is -0.136. The minimum Gasteiger partial charge on any atom is -0.398 e. The fraction of sp³-hybridized carbons (Fsp3) is 0.100. The van der Waals surface area contributed by atoms with E-state index >= 15 is 0 Å². The summed E-state index contributed by atoms with van der Waals surface area (Å²) in [4.78, 5) is 3.84. The second kappa shape index (κ2) is 3.12. The second-order valence-corrected chi connectivity index (χ2v) is 3.10. The van der Waals surface area contributed by atoms with Gasteiger partial charge in [0.05, 0.1) is 11.1 Å². The van der Waals surface area contributed by atoms with Crippen molar-refractivity contribution in [1.29, 1.82) is 0 Å². The number of fused-ring (bicyclic) bond motifs is 1. The Labute approximate surface area is 83.5 Å². The average Bonchev–Trinajstić information content (AvgIpc) is 2.16. The van der Waals surface area contributed by atoms with Crippen molar-refractivity contribution < 1.29 is 13.2 Å². The van der Waals surface area contributed by atoms with Crippen LogP contribution in [0.4, 0.5) is 18.9 Å². The molecule has 2 nitrogen and oxygen atoms in total. The first kappa shape index (κ1) is 9.76. The van der Waals surface area contributed by atoms with Gasteiger partial charge in [0, 0.05) is 17.3 Å². The van der Waals surface area contributed by atoms with Gasteiger partial charge in [-0.05, 0) is 18.2 Å². The summed E-state index contributed by atoms with van der Waals surface area (Å²) in [7, 11) is 0. The normalized spacial score (nSPS) is 11.9. The fourth-order valence-corrected chi connectivity index (χ4v) is 1.47. The molecular weight excluding hydrogens is 205 g/mol. The number of hydrogen-bond acceptors (Lipinski definition) is 2. The van der Waals surface area contributed by atoms with Crippen molar-refractivity contribution in [2.45, 2.75) is 6.18 Å². The SMILES string of the molecule is Nc1cccc2nccc(C(F)(F)F)c12. The van der Waals surface area contributed by atoms with E-state index in [1.165, 1.54) is 12.1 Å². The Hall–Kier alpha value is -1.78. The van der Waals surface area contributed by atoms with Gasteiger partial charge in [-0.15, -0.1) is 0 Å². The first-order chi connectivity index (χ1) is 7.00. The van der Waals surface area contributed by atoms with E-state index in [-0.39, 0.29) is 16.6 Å². The van der Waals surface area contributed by atoms with E-state index in [9.17, 15) is 13.2 Å². The van der Waals surface area contributed by atoms with Crippen molar-refractivity contribution in [1.82, 2.24) is 4.98 Å². The third-order valence-electron chi connectivity index (χ3n) is 2.10. The van der Waals surface area contributed by atoms with Gasteiger partial charge in [0.15, 0.2) is 0 Å². The fourth-order valence-electron chi connectivity index (χ4n) is 1.47. The van der Waals surface area contributed by atoms with Crippen LogP contribution >= 0.6 is 0 Å². The lowest BCUT2D eigenvalue weighted by atomic mass is 10.1. The minimum absolute atomic E-state index is 0.0347. The van der Waals surface area contributed by atoms with Crippen LogP contribution in [-0.2, 0) is 6.18 Å². The summed E-state index contributed by atoms with van der Waals surface area (Å²) in [5.74, 6) is 0. The molecule has 0 atom stereocenters. The summed E-state index contributed by atoms with van der Waals surface area (Å²) < 4.78 is 37.8. The standard InChI is InChI=1S/C10H7F3N2/c11-10(12,13)6-4-5-15-8-3-1-2-7(14)9(6)8/h1-5H,14H2. The third kappa shape index (κ3) is 1.60. The van der Waals surface area contributed by atoms with Crippen LogP contribution in [0.15, 0.2) is 30.5 Å². The zero-order valence-corrected chi connectivity index (χ0v) is 7.55. The van der Waals surface area contributed by atoms with E-state index in [0.29, 0.717) is 0 Å². The molecule has 0 unspecified atom stereocenters. The Balaban J connectivity index is 2.86. The molecule has 0 fully saturated rings. The average molecular weight is 212 g/mol. The highest BCUT2D eigenvalue weighted by molar-refractivity contribution is 5.93. The molecule has 1 heterocycles. The second-order valence-electron chi connectivity index (χ2n) is 3.10. The first-order valence-corrected chi connectivity index (χ1v) is 4.20. The number of rotatable bonds is 0. The molecule has 0 spiro atoms. The van der Waals surface area contributed by atoms with E-state index in [1.807, 2.05) is 0 Å². The van der Waals surface area contributed by atoms with Crippen molar-refractivity contribution in [2.24, 2.45) is 0 Å². The lowest BCUT2D eigenvalue weighted by Crippen LogP contribution is -2.07. The van der Waals surface area contributed by atoms with Crippen molar-refractivity contribution in [3.05, 3.63) is 36.0 Å². The molecule has 2 aromatic rings. The van der Waals surface area contributed by atoms with Gasteiger partial charge in [0.25, 0.3) is 0 Å². The molecule has 0 aliphatic heterocycles. The number of nitrogen functional groups attached to an aromatic ring is 1. The molecule has 0 amide bonds. The molecular formula is C10H7F3N2. The molecule has 2 rings (SSSR count). The lowest BCUT2D eigenvalue weighted by Gasteiger charge is -2.10. The van der Waals surface area contributed by atoms with Gasteiger partial charge in [0.1, 0.15) is 0 Å². The molecule has 0 aliphatic rings. The van der Waals surface area contributed by atoms with Crippen molar-refractivity contribution in [3.8, 4) is 0 Å². The van der Waals surface area contributed by atoms with Gasteiger partial charge < -0.3 is 5.73 Å². The monoisotopic (exact) mass is 212 g/mol. The Morgan fingerprint density at radius 3 is 2.53 bits per heavy atom. The molecule has 0 radical (unpaired) electrons. The van der Waals surface area contributed by atoms with Gasteiger partial charge in [-0.25, -0.2) is 0 Å². The third-order valence-corrected chi connectivity index (χ3v) is 2.10. The molecule has 0 saturated carbocycles. The largest absolute Gasteiger partial charge is 0.417 e. The van der Waals surface area contributed by atoms with Gasteiger partial charge in [-0.2, -0.15) is 13.2 Å². The van der Waals surface area contributed by atoms with Crippen molar-refractivity contribution >= 4 is 16.6 Å². The van der Waals surface area contributed by atoms with Crippen molar-refractivity contribution in [2.75, 3.05) is 5.73 Å². The van der Waals surface area contributed by atoms with Crippen LogP contribution in [0.5, 0.6) is 0 Å². The molecule has 0 aliphatic carbocycles. The predicted octanol–water partition coefficient (Wildman–Crippen LogP) is 2.84. The number of anilines is 1. The Kier molecular flexibility index (Phi) is 2.03. The summed E-state index contributed by atoms with van der Waals surface area (Å²) in [5, 5.41) is -0.0347. The van der Waals surface area contributed by atoms with Crippen LogP contribution in [0.1, 0.15) is 5.56 Å². The van der Waals surface area contributed by atoms with Crippen LogP contribution in [0, 0.1) is 0 Å². The number of nitrogens with zero attached hydrogens (tertiary/aromatic N) is 1. The van der Waals surface area contributed by atoms with Gasteiger partial charge >= 0.3 is 6.18 Å².